The van der Waals surface area contributed by atoms with Gasteiger partial charge in [0.1, 0.15) is 11.6 Å². The molecule has 5 nitrogen and oxygen atoms in total. The van der Waals surface area contributed by atoms with Crippen LogP contribution in [0.3, 0.4) is 0 Å². The van der Waals surface area contributed by atoms with Gasteiger partial charge in [-0.25, -0.2) is 18.9 Å². The molecule has 0 bridgehead atoms. The maximum Gasteiger partial charge on any atom is 0.347 e. The molecule has 3 aromatic rings. The Morgan fingerprint density at radius 3 is 2.65 bits per heavy atom. The Balaban J connectivity index is 1.55. The molecule has 0 aliphatic carbocycles. The van der Waals surface area contributed by atoms with Crippen LogP contribution >= 0.6 is 0 Å². The first-order valence-electron chi connectivity index (χ1n) is 8.90. The van der Waals surface area contributed by atoms with Gasteiger partial charge < -0.3 is 0 Å². The standard InChI is InChI=1S/C20H21FN4O/c21-17-10-8-15(9-11-17)13-24-12-4-5-16(14-24)19-22-23-20(26)25(19)18-6-2-1-3-7-18/h1-3,6-11,16H,4-5,12-14H2,(H,23,26). The van der Waals surface area contributed by atoms with E-state index in [0.717, 1.165) is 49.6 Å². The predicted molar refractivity (Wildman–Crippen MR) is 97.8 cm³/mol. The maximum atomic E-state index is 13.1. The van der Waals surface area contributed by atoms with E-state index >= 15 is 0 Å². The number of piperidine rings is 1. The molecule has 6 heteroatoms. The normalized spacial score (nSPS) is 18.1. The van der Waals surface area contributed by atoms with Crippen LogP contribution in [0.2, 0.25) is 0 Å². The van der Waals surface area contributed by atoms with Gasteiger partial charge in [-0.2, -0.15) is 5.10 Å². The number of hydrogen-bond donors (Lipinski definition) is 1. The summed E-state index contributed by atoms with van der Waals surface area (Å²) in [4.78, 5) is 14.6. The van der Waals surface area contributed by atoms with Gasteiger partial charge in [0.05, 0.1) is 5.69 Å². The highest BCUT2D eigenvalue weighted by atomic mass is 19.1. The fourth-order valence-electron chi connectivity index (χ4n) is 3.67. The number of para-hydroxylation sites is 1. The molecule has 1 N–H and O–H groups in total. The average molecular weight is 352 g/mol. The Morgan fingerprint density at radius 2 is 1.88 bits per heavy atom. The summed E-state index contributed by atoms with van der Waals surface area (Å²) in [6.45, 7) is 2.60. The molecule has 2 aromatic carbocycles. The minimum atomic E-state index is -0.214. The summed E-state index contributed by atoms with van der Waals surface area (Å²) in [5.41, 5.74) is 1.72. The summed E-state index contributed by atoms with van der Waals surface area (Å²) in [5.74, 6) is 0.752. The quantitative estimate of drug-likeness (QED) is 0.785. The fourth-order valence-corrected chi connectivity index (χ4v) is 3.67. The maximum absolute atomic E-state index is 13.1. The van der Waals surface area contributed by atoms with Crippen molar-refractivity contribution < 1.29 is 4.39 Å². The highest BCUT2D eigenvalue weighted by Gasteiger charge is 2.26. The molecular weight excluding hydrogens is 331 g/mol. The monoisotopic (exact) mass is 352 g/mol. The van der Waals surface area contributed by atoms with Crippen LogP contribution in [0.15, 0.2) is 59.4 Å². The second-order valence-electron chi connectivity index (χ2n) is 6.76. The molecule has 1 saturated heterocycles. The summed E-state index contributed by atoms with van der Waals surface area (Å²) in [6.07, 6.45) is 2.04. The summed E-state index contributed by atoms with van der Waals surface area (Å²) in [5, 5.41) is 6.92. The molecule has 1 aromatic heterocycles. The van der Waals surface area contributed by atoms with Gasteiger partial charge in [-0.15, -0.1) is 0 Å². The number of benzene rings is 2. The molecular formula is C20H21FN4O. The van der Waals surface area contributed by atoms with E-state index in [2.05, 4.69) is 15.1 Å². The van der Waals surface area contributed by atoms with Crippen molar-refractivity contribution in [2.45, 2.75) is 25.3 Å². The molecule has 1 unspecified atom stereocenters. The van der Waals surface area contributed by atoms with E-state index < -0.39 is 0 Å². The number of rotatable bonds is 4. The fraction of sp³-hybridized carbons (Fsp3) is 0.300. The topological polar surface area (TPSA) is 53.9 Å². The number of nitrogens with zero attached hydrogens (tertiary/aromatic N) is 3. The second-order valence-corrected chi connectivity index (χ2v) is 6.76. The molecule has 134 valence electrons. The van der Waals surface area contributed by atoms with E-state index in [-0.39, 0.29) is 17.4 Å². The zero-order valence-corrected chi connectivity index (χ0v) is 14.4. The number of aromatic nitrogens is 3. The van der Waals surface area contributed by atoms with Gasteiger partial charge >= 0.3 is 5.69 Å². The van der Waals surface area contributed by atoms with Crippen molar-refractivity contribution in [3.63, 3.8) is 0 Å². The van der Waals surface area contributed by atoms with E-state index in [4.69, 9.17) is 0 Å². The molecule has 1 aliphatic heterocycles. The number of nitrogens with one attached hydrogen (secondary N) is 1. The van der Waals surface area contributed by atoms with E-state index in [9.17, 15) is 9.18 Å². The van der Waals surface area contributed by atoms with Gasteiger partial charge in [0.2, 0.25) is 0 Å². The van der Waals surface area contributed by atoms with Gasteiger partial charge in [0.25, 0.3) is 0 Å². The van der Waals surface area contributed by atoms with Gasteiger partial charge in [-0.05, 0) is 49.2 Å². The zero-order valence-electron chi connectivity index (χ0n) is 14.4. The predicted octanol–water partition coefficient (Wildman–Crippen LogP) is 3.08. The Labute approximate surface area is 151 Å². The van der Waals surface area contributed by atoms with Crippen molar-refractivity contribution in [3.05, 3.63) is 82.3 Å². The molecule has 0 radical (unpaired) electrons. The van der Waals surface area contributed by atoms with Gasteiger partial charge in [-0.1, -0.05) is 30.3 Å². The smallest absolute Gasteiger partial charge is 0.298 e. The SMILES string of the molecule is O=c1[nH]nc(C2CCCN(Cc3ccc(F)cc3)C2)n1-c1ccccc1. The lowest BCUT2D eigenvalue weighted by Gasteiger charge is -2.32. The van der Waals surface area contributed by atoms with E-state index in [0.29, 0.717) is 0 Å². The third-order valence-electron chi connectivity index (χ3n) is 4.90. The van der Waals surface area contributed by atoms with Crippen molar-refractivity contribution in [2.24, 2.45) is 0 Å². The first-order valence-corrected chi connectivity index (χ1v) is 8.90. The van der Waals surface area contributed by atoms with Crippen LogP contribution in [0.25, 0.3) is 5.69 Å². The van der Waals surface area contributed by atoms with E-state index in [1.807, 2.05) is 42.5 Å². The highest BCUT2D eigenvalue weighted by Crippen LogP contribution is 2.27. The van der Waals surface area contributed by atoms with Crippen LogP contribution in [0.5, 0.6) is 0 Å². The number of likely N-dealkylation sites (tertiary alicyclic amines) is 1. The van der Waals surface area contributed by atoms with Gasteiger partial charge in [0, 0.05) is 19.0 Å². The molecule has 26 heavy (non-hydrogen) atoms. The van der Waals surface area contributed by atoms with E-state index in [1.54, 1.807) is 4.57 Å². The van der Waals surface area contributed by atoms with Crippen LogP contribution in [-0.2, 0) is 6.54 Å². The average Bonchev–Trinajstić information content (AvgIpc) is 3.06. The van der Waals surface area contributed by atoms with Crippen molar-refractivity contribution in [1.29, 1.82) is 0 Å². The van der Waals surface area contributed by atoms with Crippen LogP contribution in [0, 0.1) is 5.82 Å². The first kappa shape index (κ1) is 16.7. The Hall–Kier alpha value is -2.73. The van der Waals surface area contributed by atoms with Crippen molar-refractivity contribution in [1.82, 2.24) is 19.7 Å². The van der Waals surface area contributed by atoms with Crippen LogP contribution in [0.4, 0.5) is 4.39 Å². The lowest BCUT2D eigenvalue weighted by molar-refractivity contribution is 0.195. The third-order valence-corrected chi connectivity index (χ3v) is 4.90. The second kappa shape index (κ2) is 7.25. The van der Waals surface area contributed by atoms with Crippen LogP contribution in [0.1, 0.15) is 30.1 Å². The molecule has 2 heterocycles. The molecule has 4 rings (SSSR count). The Bertz CT molecular complexity index is 917. The Kier molecular flexibility index (Phi) is 4.67. The lowest BCUT2D eigenvalue weighted by Crippen LogP contribution is -2.35. The largest absolute Gasteiger partial charge is 0.347 e. The summed E-state index contributed by atoms with van der Waals surface area (Å²) in [6, 6.07) is 16.2. The molecule has 1 atom stereocenters. The molecule has 0 saturated carbocycles. The highest BCUT2D eigenvalue weighted by molar-refractivity contribution is 5.32. The van der Waals surface area contributed by atoms with Gasteiger partial charge in [0.15, 0.2) is 0 Å². The lowest BCUT2D eigenvalue weighted by atomic mass is 9.96. The summed E-state index contributed by atoms with van der Waals surface area (Å²) in [7, 11) is 0. The van der Waals surface area contributed by atoms with Gasteiger partial charge in [-0.3, -0.25) is 4.90 Å². The van der Waals surface area contributed by atoms with Crippen molar-refractivity contribution in [2.75, 3.05) is 13.1 Å². The molecule has 0 spiro atoms. The molecule has 0 amide bonds. The minimum absolute atomic E-state index is 0.184. The number of aromatic amines is 1. The van der Waals surface area contributed by atoms with E-state index in [1.165, 1.54) is 12.1 Å². The molecule has 1 aliphatic rings. The first-order chi connectivity index (χ1) is 12.7. The third kappa shape index (κ3) is 3.46. The summed E-state index contributed by atoms with van der Waals surface area (Å²) < 4.78 is 14.8. The number of hydrogen-bond acceptors (Lipinski definition) is 3. The van der Waals surface area contributed by atoms with Crippen LogP contribution in [-0.4, -0.2) is 32.8 Å². The van der Waals surface area contributed by atoms with Crippen molar-refractivity contribution in [3.8, 4) is 5.69 Å². The van der Waals surface area contributed by atoms with Crippen molar-refractivity contribution >= 4 is 0 Å². The number of halogens is 1. The zero-order chi connectivity index (χ0) is 17.9. The number of H-pyrrole nitrogens is 1. The summed E-state index contributed by atoms with van der Waals surface area (Å²) >= 11 is 0. The minimum Gasteiger partial charge on any atom is -0.298 e. The van der Waals surface area contributed by atoms with Crippen LogP contribution < -0.4 is 5.69 Å². The molecule has 1 fully saturated rings. The Morgan fingerprint density at radius 1 is 1.12 bits per heavy atom.